The highest BCUT2D eigenvalue weighted by Gasteiger charge is 2.25. The van der Waals surface area contributed by atoms with Crippen LogP contribution < -0.4 is 0 Å². The van der Waals surface area contributed by atoms with E-state index in [4.69, 9.17) is 23.2 Å². The maximum Gasteiger partial charge on any atom is 0.278 e. The van der Waals surface area contributed by atoms with Gasteiger partial charge in [-0.15, -0.1) is 0 Å². The normalized spacial score (nSPS) is 11.3. The first-order valence-corrected chi connectivity index (χ1v) is 10.0. The van der Waals surface area contributed by atoms with E-state index < -0.39 is 0 Å². The molecule has 1 aromatic heterocycles. The molecule has 30 heavy (non-hydrogen) atoms. The van der Waals surface area contributed by atoms with Crippen LogP contribution in [-0.4, -0.2) is 9.91 Å². The standard InChI is InChI=1S/C24H14Cl2N2O2/c25-16-7-3-5-14(11-16)19-13-21(28(29)30)22(15-6-4-8-17(26)12-15)23-18-9-1-2-10-20(18)27-24(19)23/h1-13,27H. The Morgan fingerprint density at radius 3 is 2.17 bits per heavy atom. The molecule has 0 fully saturated rings. The average Bonchev–Trinajstić information content (AvgIpc) is 3.12. The maximum atomic E-state index is 12.2. The predicted octanol–water partition coefficient (Wildman–Crippen LogP) is 7.87. The number of nitrogens with zero attached hydrogens (tertiary/aromatic N) is 1. The fourth-order valence-electron chi connectivity index (χ4n) is 3.98. The van der Waals surface area contributed by atoms with Gasteiger partial charge in [0.1, 0.15) is 0 Å². The van der Waals surface area contributed by atoms with E-state index in [0.29, 0.717) is 21.2 Å². The summed E-state index contributed by atoms with van der Waals surface area (Å²) in [5.41, 5.74) is 4.51. The van der Waals surface area contributed by atoms with Crippen molar-refractivity contribution in [2.24, 2.45) is 0 Å². The van der Waals surface area contributed by atoms with Gasteiger partial charge in [-0.3, -0.25) is 10.1 Å². The number of nitro groups is 1. The van der Waals surface area contributed by atoms with Crippen molar-refractivity contribution < 1.29 is 4.92 Å². The molecule has 146 valence electrons. The van der Waals surface area contributed by atoms with Crippen molar-refractivity contribution in [2.45, 2.75) is 0 Å². The summed E-state index contributed by atoms with van der Waals surface area (Å²) in [7, 11) is 0. The summed E-state index contributed by atoms with van der Waals surface area (Å²) >= 11 is 12.4. The molecule has 4 nitrogen and oxygen atoms in total. The van der Waals surface area contributed by atoms with Crippen molar-refractivity contribution in [3.05, 3.63) is 99.0 Å². The molecule has 1 heterocycles. The van der Waals surface area contributed by atoms with Crippen molar-refractivity contribution in [2.75, 3.05) is 0 Å². The van der Waals surface area contributed by atoms with E-state index in [1.807, 2.05) is 48.5 Å². The molecule has 0 radical (unpaired) electrons. The minimum atomic E-state index is -0.342. The van der Waals surface area contributed by atoms with Gasteiger partial charge < -0.3 is 4.98 Å². The SMILES string of the molecule is O=[N+]([O-])c1cc(-c2cccc(Cl)c2)c2[nH]c3ccccc3c2c1-c1cccc(Cl)c1. The van der Waals surface area contributed by atoms with E-state index in [2.05, 4.69) is 4.98 Å². The number of fused-ring (bicyclic) bond motifs is 3. The summed E-state index contributed by atoms with van der Waals surface area (Å²) in [4.78, 5) is 15.3. The zero-order valence-electron chi connectivity index (χ0n) is 15.5. The minimum absolute atomic E-state index is 0.0181. The van der Waals surface area contributed by atoms with Crippen LogP contribution in [0.4, 0.5) is 5.69 Å². The molecule has 0 saturated heterocycles. The molecule has 0 amide bonds. The van der Waals surface area contributed by atoms with Crippen LogP contribution in [0.3, 0.4) is 0 Å². The van der Waals surface area contributed by atoms with Gasteiger partial charge >= 0.3 is 0 Å². The lowest BCUT2D eigenvalue weighted by molar-refractivity contribution is -0.384. The molecular formula is C24H14Cl2N2O2. The summed E-state index contributed by atoms with van der Waals surface area (Å²) in [5.74, 6) is 0. The summed E-state index contributed by atoms with van der Waals surface area (Å²) in [5, 5.41) is 15.0. The molecule has 5 aromatic rings. The van der Waals surface area contributed by atoms with Crippen LogP contribution in [0.5, 0.6) is 0 Å². The van der Waals surface area contributed by atoms with Gasteiger partial charge in [-0.1, -0.05) is 65.7 Å². The molecule has 1 N–H and O–H groups in total. The first-order valence-electron chi connectivity index (χ1n) is 9.26. The van der Waals surface area contributed by atoms with Gasteiger partial charge in [-0.2, -0.15) is 0 Å². The third-order valence-corrected chi connectivity index (χ3v) is 5.68. The Hall–Kier alpha value is -3.34. The van der Waals surface area contributed by atoms with Gasteiger partial charge in [0.05, 0.1) is 16.0 Å². The van der Waals surface area contributed by atoms with Crippen LogP contribution in [0, 0.1) is 10.1 Å². The third-order valence-electron chi connectivity index (χ3n) is 5.21. The van der Waals surface area contributed by atoms with E-state index in [0.717, 1.165) is 32.9 Å². The monoisotopic (exact) mass is 432 g/mol. The van der Waals surface area contributed by atoms with E-state index in [-0.39, 0.29) is 10.6 Å². The lowest BCUT2D eigenvalue weighted by Gasteiger charge is -2.11. The van der Waals surface area contributed by atoms with E-state index in [1.54, 1.807) is 30.3 Å². The summed E-state index contributed by atoms with van der Waals surface area (Å²) < 4.78 is 0. The zero-order valence-corrected chi connectivity index (χ0v) is 17.0. The number of aromatic nitrogens is 1. The van der Waals surface area contributed by atoms with E-state index in [1.165, 1.54) is 0 Å². The molecule has 0 bridgehead atoms. The fourth-order valence-corrected chi connectivity index (χ4v) is 4.36. The van der Waals surface area contributed by atoms with E-state index >= 15 is 0 Å². The molecule has 0 spiro atoms. The Bertz CT molecular complexity index is 1460. The highest BCUT2D eigenvalue weighted by molar-refractivity contribution is 6.31. The number of hydrogen-bond acceptors (Lipinski definition) is 2. The largest absolute Gasteiger partial charge is 0.354 e. The molecule has 4 aromatic carbocycles. The van der Waals surface area contributed by atoms with Crippen LogP contribution in [0.1, 0.15) is 0 Å². The van der Waals surface area contributed by atoms with Crippen LogP contribution in [0.25, 0.3) is 44.1 Å². The first-order chi connectivity index (χ1) is 14.5. The first kappa shape index (κ1) is 18.7. The van der Waals surface area contributed by atoms with Gasteiger partial charge in [-0.25, -0.2) is 0 Å². The fraction of sp³-hybridized carbons (Fsp3) is 0. The quantitative estimate of drug-likeness (QED) is 0.232. The summed E-state index contributed by atoms with van der Waals surface area (Å²) in [6.07, 6.45) is 0. The summed E-state index contributed by atoms with van der Waals surface area (Å²) in [6, 6.07) is 23.9. The molecule has 0 aliphatic rings. The predicted molar refractivity (Wildman–Crippen MR) is 123 cm³/mol. The van der Waals surface area contributed by atoms with Gasteiger partial charge in [0.2, 0.25) is 0 Å². The molecule has 0 atom stereocenters. The Kier molecular flexibility index (Phi) is 4.46. The second-order valence-electron chi connectivity index (χ2n) is 7.02. The molecule has 0 saturated carbocycles. The number of benzene rings is 4. The lowest BCUT2D eigenvalue weighted by atomic mass is 9.93. The van der Waals surface area contributed by atoms with Crippen LogP contribution >= 0.6 is 23.2 Å². The topological polar surface area (TPSA) is 58.9 Å². The number of aromatic amines is 1. The van der Waals surface area contributed by atoms with Crippen molar-refractivity contribution in [3.63, 3.8) is 0 Å². The van der Waals surface area contributed by atoms with Gasteiger partial charge in [-0.05, 0) is 41.5 Å². The van der Waals surface area contributed by atoms with Crippen molar-refractivity contribution in [3.8, 4) is 22.3 Å². The van der Waals surface area contributed by atoms with Crippen molar-refractivity contribution in [1.82, 2.24) is 4.98 Å². The third kappa shape index (κ3) is 3.02. The number of hydrogen-bond donors (Lipinski definition) is 1. The van der Waals surface area contributed by atoms with Crippen molar-refractivity contribution >= 4 is 50.7 Å². The Balaban J connectivity index is 2.00. The lowest BCUT2D eigenvalue weighted by Crippen LogP contribution is -1.95. The molecule has 5 rings (SSSR count). The Morgan fingerprint density at radius 1 is 0.800 bits per heavy atom. The molecular weight excluding hydrogens is 419 g/mol. The molecule has 0 aliphatic heterocycles. The number of H-pyrrole nitrogens is 1. The summed E-state index contributed by atoms with van der Waals surface area (Å²) in [6.45, 7) is 0. The van der Waals surface area contributed by atoms with Crippen LogP contribution in [0.15, 0.2) is 78.9 Å². The second-order valence-corrected chi connectivity index (χ2v) is 7.89. The van der Waals surface area contributed by atoms with Gasteiger partial charge in [0.15, 0.2) is 0 Å². The molecule has 0 unspecified atom stereocenters. The molecule has 0 aliphatic carbocycles. The van der Waals surface area contributed by atoms with Crippen molar-refractivity contribution in [1.29, 1.82) is 0 Å². The Labute approximate surface area is 181 Å². The smallest absolute Gasteiger partial charge is 0.278 e. The number of para-hydroxylation sites is 1. The van der Waals surface area contributed by atoms with Gasteiger partial charge in [0.25, 0.3) is 5.69 Å². The number of halogens is 2. The van der Waals surface area contributed by atoms with Crippen LogP contribution in [0.2, 0.25) is 10.0 Å². The minimum Gasteiger partial charge on any atom is -0.354 e. The highest BCUT2D eigenvalue weighted by Crippen LogP contribution is 2.45. The highest BCUT2D eigenvalue weighted by atomic mass is 35.5. The maximum absolute atomic E-state index is 12.2. The average molecular weight is 433 g/mol. The molecule has 6 heteroatoms. The van der Waals surface area contributed by atoms with Crippen LogP contribution in [-0.2, 0) is 0 Å². The second kappa shape index (κ2) is 7.17. The van der Waals surface area contributed by atoms with E-state index in [9.17, 15) is 10.1 Å². The zero-order chi connectivity index (χ0) is 20.8. The Morgan fingerprint density at radius 2 is 1.47 bits per heavy atom. The van der Waals surface area contributed by atoms with Gasteiger partial charge in [0, 0.05) is 38.0 Å². The number of rotatable bonds is 3. The number of nitrogens with one attached hydrogen (secondary N) is 1. The number of nitro benzene ring substituents is 1.